The van der Waals surface area contributed by atoms with E-state index in [1.54, 1.807) is 19.2 Å². The number of halogens is 1. The molecule has 100 valence electrons. The van der Waals surface area contributed by atoms with Crippen molar-refractivity contribution in [3.63, 3.8) is 0 Å². The number of phenolic OH excluding ortho intramolecular Hbond substituents is 1. The van der Waals surface area contributed by atoms with E-state index in [0.717, 1.165) is 0 Å². The van der Waals surface area contributed by atoms with Gasteiger partial charge in [0, 0.05) is 10.9 Å². The highest BCUT2D eigenvalue weighted by Gasteiger charge is 2.32. The fourth-order valence-electron chi connectivity index (χ4n) is 1.44. The number of thiazole rings is 1. The van der Waals surface area contributed by atoms with E-state index in [2.05, 4.69) is 4.98 Å². The highest BCUT2D eigenvalue weighted by molar-refractivity contribution is 7.13. The van der Waals surface area contributed by atoms with Crippen LogP contribution < -0.4 is 0 Å². The van der Waals surface area contributed by atoms with Gasteiger partial charge in [0.2, 0.25) is 0 Å². The third-order valence-electron chi connectivity index (χ3n) is 2.87. The molecule has 0 unspecified atom stereocenters. The van der Waals surface area contributed by atoms with Gasteiger partial charge in [-0.3, -0.25) is 4.79 Å². The SMILES string of the molecule is CC(C)(C(=O)O)c1csc(-c2ccc(O)c(F)c2)n1. The standard InChI is InChI=1S/C13H12FNO3S/c1-13(2,12(17)18)10-6-19-11(15-10)7-3-4-9(16)8(14)5-7/h3-6,16H,1-2H3,(H,17,18). The van der Waals surface area contributed by atoms with Crippen LogP contribution in [0.3, 0.4) is 0 Å². The maximum atomic E-state index is 13.3. The Balaban J connectivity index is 2.41. The summed E-state index contributed by atoms with van der Waals surface area (Å²) in [5.41, 5.74) is -0.161. The van der Waals surface area contributed by atoms with Gasteiger partial charge in [-0.2, -0.15) is 0 Å². The average Bonchev–Trinajstić information content (AvgIpc) is 2.82. The van der Waals surface area contributed by atoms with Crippen LogP contribution >= 0.6 is 11.3 Å². The number of phenols is 1. The number of carboxylic acids is 1. The summed E-state index contributed by atoms with van der Waals surface area (Å²) in [6.07, 6.45) is 0. The Bertz CT molecular complexity index is 637. The zero-order valence-electron chi connectivity index (χ0n) is 10.3. The van der Waals surface area contributed by atoms with Crippen LogP contribution in [-0.2, 0) is 10.2 Å². The molecule has 4 nitrogen and oxygen atoms in total. The summed E-state index contributed by atoms with van der Waals surface area (Å²) < 4.78 is 13.3. The number of aromatic nitrogens is 1. The monoisotopic (exact) mass is 281 g/mol. The zero-order valence-corrected chi connectivity index (χ0v) is 11.2. The van der Waals surface area contributed by atoms with Gasteiger partial charge >= 0.3 is 5.97 Å². The first kappa shape index (κ1) is 13.5. The summed E-state index contributed by atoms with van der Waals surface area (Å²) in [5, 5.41) is 20.4. The van der Waals surface area contributed by atoms with Crippen LogP contribution in [0.1, 0.15) is 19.5 Å². The highest BCUT2D eigenvalue weighted by atomic mass is 32.1. The fourth-order valence-corrected chi connectivity index (χ4v) is 2.43. The molecule has 1 aromatic heterocycles. The lowest BCUT2D eigenvalue weighted by Gasteiger charge is -2.15. The van der Waals surface area contributed by atoms with Gasteiger partial charge in [-0.05, 0) is 32.0 Å². The predicted molar refractivity (Wildman–Crippen MR) is 69.8 cm³/mol. The van der Waals surface area contributed by atoms with Crippen molar-refractivity contribution >= 4 is 17.3 Å². The molecule has 0 aliphatic rings. The lowest BCUT2D eigenvalue weighted by atomic mass is 9.90. The quantitative estimate of drug-likeness (QED) is 0.907. The maximum absolute atomic E-state index is 13.3. The van der Waals surface area contributed by atoms with Crippen LogP contribution in [0.5, 0.6) is 5.75 Å². The van der Waals surface area contributed by atoms with Gasteiger partial charge in [0.05, 0.1) is 5.69 Å². The third kappa shape index (κ3) is 2.44. The molecule has 2 rings (SSSR count). The van der Waals surface area contributed by atoms with Gasteiger partial charge in [0.25, 0.3) is 0 Å². The topological polar surface area (TPSA) is 70.4 Å². The molecule has 2 aromatic rings. The molecular formula is C13H12FNO3S. The highest BCUT2D eigenvalue weighted by Crippen LogP contribution is 2.31. The fraction of sp³-hybridized carbons (Fsp3) is 0.231. The van der Waals surface area contributed by atoms with E-state index in [9.17, 15) is 9.18 Å². The lowest BCUT2D eigenvalue weighted by molar-refractivity contribution is -0.142. The van der Waals surface area contributed by atoms with E-state index < -0.39 is 23.0 Å². The molecule has 1 heterocycles. The second kappa shape index (κ2) is 4.62. The molecule has 0 saturated heterocycles. The zero-order chi connectivity index (χ0) is 14.2. The molecule has 6 heteroatoms. The second-order valence-corrected chi connectivity index (χ2v) is 5.49. The lowest BCUT2D eigenvalue weighted by Crippen LogP contribution is -2.28. The van der Waals surface area contributed by atoms with E-state index in [-0.39, 0.29) is 0 Å². The minimum atomic E-state index is -1.09. The Morgan fingerprint density at radius 3 is 2.68 bits per heavy atom. The van der Waals surface area contributed by atoms with Gasteiger partial charge in [-0.1, -0.05) is 0 Å². The number of nitrogens with zero attached hydrogens (tertiary/aromatic N) is 1. The molecule has 0 spiro atoms. The molecular weight excluding hydrogens is 269 g/mol. The second-order valence-electron chi connectivity index (χ2n) is 4.63. The molecule has 19 heavy (non-hydrogen) atoms. The first-order valence-electron chi connectivity index (χ1n) is 5.50. The van der Waals surface area contributed by atoms with Gasteiger partial charge in [-0.25, -0.2) is 9.37 Å². The molecule has 0 amide bonds. The Morgan fingerprint density at radius 1 is 1.42 bits per heavy atom. The van der Waals surface area contributed by atoms with E-state index in [1.165, 1.54) is 29.5 Å². The predicted octanol–water partition coefficient (Wildman–Crippen LogP) is 3.02. The van der Waals surface area contributed by atoms with Crippen molar-refractivity contribution < 1.29 is 19.4 Å². The van der Waals surface area contributed by atoms with Crippen LogP contribution in [-0.4, -0.2) is 21.2 Å². The number of hydrogen-bond acceptors (Lipinski definition) is 4. The minimum absolute atomic E-state index is 0.425. The van der Waals surface area contributed by atoms with Crippen LogP contribution in [0.15, 0.2) is 23.6 Å². The van der Waals surface area contributed by atoms with Crippen LogP contribution in [0.2, 0.25) is 0 Å². The van der Waals surface area contributed by atoms with Crippen molar-refractivity contribution in [1.29, 1.82) is 0 Å². The summed E-state index contributed by atoms with van der Waals surface area (Å²) in [4.78, 5) is 15.4. The number of hydrogen-bond donors (Lipinski definition) is 2. The number of carbonyl (C=O) groups is 1. The smallest absolute Gasteiger partial charge is 0.315 e. The molecule has 0 aliphatic carbocycles. The normalized spacial score (nSPS) is 11.5. The first-order chi connectivity index (χ1) is 8.82. The van der Waals surface area contributed by atoms with Crippen LogP contribution in [0.25, 0.3) is 10.6 Å². The first-order valence-corrected chi connectivity index (χ1v) is 6.38. The van der Waals surface area contributed by atoms with Crippen LogP contribution in [0, 0.1) is 5.82 Å². The maximum Gasteiger partial charge on any atom is 0.315 e. The van der Waals surface area contributed by atoms with E-state index in [0.29, 0.717) is 16.3 Å². The molecule has 0 atom stereocenters. The Morgan fingerprint density at radius 2 is 2.11 bits per heavy atom. The van der Waals surface area contributed by atoms with Gasteiger partial charge in [0.1, 0.15) is 10.4 Å². The number of benzene rings is 1. The summed E-state index contributed by atoms with van der Waals surface area (Å²) in [7, 11) is 0. The van der Waals surface area contributed by atoms with Crippen molar-refractivity contribution in [3.05, 3.63) is 35.1 Å². The molecule has 0 radical (unpaired) electrons. The van der Waals surface area contributed by atoms with Gasteiger partial charge in [-0.15, -0.1) is 11.3 Å². The minimum Gasteiger partial charge on any atom is -0.505 e. The molecule has 0 bridgehead atoms. The number of carboxylic acid groups (broad SMARTS) is 1. The van der Waals surface area contributed by atoms with Crippen molar-refractivity contribution in [2.45, 2.75) is 19.3 Å². The van der Waals surface area contributed by atoms with E-state index in [4.69, 9.17) is 10.2 Å². The largest absolute Gasteiger partial charge is 0.505 e. The Labute approximate surface area is 113 Å². The van der Waals surface area contributed by atoms with Crippen molar-refractivity contribution in [3.8, 4) is 16.3 Å². The van der Waals surface area contributed by atoms with E-state index in [1.807, 2.05) is 0 Å². The molecule has 0 saturated carbocycles. The molecule has 0 aliphatic heterocycles. The Kier molecular flexibility index (Phi) is 3.28. The van der Waals surface area contributed by atoms with Crippen molar-refractivity contribution in [2.24, 2.45) is 0 Å². The summed E-state index contributed by atoms with van der Waals surface area (Å²) in [6.45, 7) is 3.12. The number of aromatic hydroxyl groups is 1. The summed E-state index contributed by atoms with van der Waals surface area (Å²) >= 11 is 1.24. The number of aliphatic carboxylic acids is 1. The molecule has 2 N–H and O–H groups in total. The average molecular weight is 281 g/mol. The number of rotatable bonds is 3. The molecule has 0 fully saturated rings. The van der Waals surface area contributed by atoms with Crippen LogP contribution in [0.4, 0.5) is 4.39 Å². The van der Waals surface area contributed by atoms with Gasteiger partial charge < -0.3 is 10.2 Å². The third-order valence-corrected chi connectivity index (χ3v) is 3.77. The van der Waals surface area contributed by atoms with E-state index >= 15 is 0 Å². The van der Waals surface area contributed by atoms with Crippen molar-refractivity contribution in [1.82, 2.24) is 4.98 Å². The summed E-state index contributed by atoms with van der Waals surface area (Å²) in [5.74, 6) is -2.13. The molecule has 1 aromatic carbocycles. The van der Waals surface area contributed by atoms with Crippen molar-refractivity contribution in [2.75, 3.05) is 0 Å². The summed E-state index contributed by atoms with van der Waals surface area (Å²) in [6, 6.07) is 3.95. The van der Waals surface area contributed by atoms with Gasteiger partial charge in [0.15, 0.2) is 11.6 Å². The Hall–Kier alpha value is -1.95.